The Morgan fingerprint density at radius 2 is 2.23 bits per heavy atom. The molecular formula is C9H16N4. The van der Waals surface area contributed by atoms with Gasteiger partial charge in [-0.15, -0.1) is 0 Å². The zero-order valence-electron chi connectivity index (χ0n) is 7.79. The molecule has 0 aromatic heterocycles. The number of hydrogen-bond donors (Lipinski definition) is 2. The molecule has 3 fully saturated rings. The summed E-state index contributed by atoms with van der Waals surface area (Å²) in [6, 6.07) is 0. The molecule has 13 heavy (non-hydrogen) atoms. The van der Waals surface area contributed by atoms with Crippen LogP contribution in [0.25, 0.3) is 0 Å². The van der Waals surface area contributed by atoms with Crippen molar-refractivity contribution >= 4 is 5.96 Å². The molecule has 72 valence electrons. The highest BCUT2D eigenvalue weighted by Crippen LogP contribution is 2.37. The van der Waals surface area contributed by atoms with Crippen molar-refractivity contribution < 1.29 is 0 Å². The van der Waals surface area contributed by atoms with E-state index in [1.807, 2.05) is 0 Å². The molecule has 1 spiro atoms. The molecule has 0 radical (unpaired) electrons. The topological polar surface area (TPSA) is 53.6 Å². The van der Waals surface area contributed by atoms with Crippen molar-refractivity contribution in [2.24, 2.45) is 16.6 Å². The summed E-state index contributed by atoms with van der Waals surface area (Å²) < 4.78 is 0. The molecule has 4 aliphatic rings. The van der Waals surface area contributed by atoms with Crippen LogP contribution in [0.1, 0.15) is 12.8 Å². The zero-order valence-corrected chi connectivity index (χ0v) is 7.79. The van der Waals surface area contributed by atoms with Crippen LogP contribution >= 0.6 is 0 Å². The Hall–Kier alpha value is -0.770. The number of rotatable bonds is 0. The quantitative estimate of drug-likeness (QED) is 0.522. The standard InChI is InChI=1S/C9H16N4/c10-8-11-5-9(12-8)6-13-3-1-7(9)2-4-13/h7H,1-6H2,(H3,10,11,12). The second-order valence-electron chi connectivity index (χ2n) is 4.53. The van der Waals surface area contributed by atoms with E-state index in [0.717, 1.165) is 19.0 Å². The van der Waals surface area contributed by atoms with Gasteiger partial charge in [-0.05, 0) is 31.8 Å². The minimum absolute atomic E-state index is 0.209. The number of guanidine groups is 1. The van der Waals surface area contributed by atoms with Gasteiger partial charge in [-0.25, -0.2) is 0 Å². The average Bonchev–Trinajstić information content (AvgIpc) is 2.49. The van der Waals surface area contributed by atoms with Gasteiger partial charge in [0, 0.05) is 6.54 Å². The summed E-state index contributed by atoms with van der Waals surface area (Å²) in [6.45, 7) is 4.57. The molecule has 0 aliphatic carbocycles. The van der Waals surface area contributed by atoms with Gasteiger partial charge < -0.3 is 16.0 Å². The van der Waals surface area contributed by atoms with Crippen LogP contribution < -0.4 is 11.1 Å². The minimum Gasteiger partial charge on any atom is -0.370 e. The van der Waals surface area contributed by atoms with E-state index in [0.29, 0.717) is 5.96 Å². The summed E-state index contributed by atoms with van der Waals surface area (Å²) in [5.41, 5.74) is 5.90. The number of nitrogens with zero attached hydrogens (tertiary/aromatic N) is 2. The van der Waals surface area contributed by atoms with Crippen LogP contribution in [0.3, 0.4) is 0 Å². The Labute approximate surface area is 78.2 Å². The van der Waals surface area contributed by atoms with E-state index < -0.39 is 0 Å². The van der Waals surface area contributed by atoms with Gasteiger partial charge in [0.1, 0.15) is 0 Å². The SMILES string of the molecule is NC1=NCC2(CN3CCC2CC3)N1. The van der Waals surface area contributed by atoms with Gasteiger partial charge in [0.25, 0.3) is 0 Å². The van der Waals surface area contributed by atoms with Crippen LogP contribution in [0.2, 0.25) is 0 Å². The normalized spacial score (nSPS) is 47.8. The monoisotopic (exact) mass is 180 g/mol. The van der Waals surface area contributed by atoms with Crippen molar-refractivity contribution in [1.29, 1.82) is 0 Å². The third kappa shape index (κ3) is 0.981. The first-order valence-corrected chi connectivity index (χ1v) is 5.09. The maximum absolute atomic E-state index is 5.69. The molecule has 1 unspecified atom stereocenters. The summed E-state index contributed by atoms with van der Waals surface area (Å²) in [5, 5.41) is 3.39. The Morgan fingerprint density at radius 1 is 1.46 bits per heavy atom. The molecule has 4 aliphatic heterocycles. The fourth-order valence-corrected chi connectivity index (χ4v) is 3.05. The number of nitrogens with one attached hydrogen (secondary N) is 1. The molecule has 4 heteroatoms. The van der Waals surface area contributed by atoms with Gasteiger partial charge in [-0.1, -0.05) is 0 Å². The molecule has 1 atom stereocenters. The molecule has 2 bridgehead atoms. The average molecular weight is 180 g/mol. The Balaban J connectivity index is 1.85. The lowest BCUT2D eigenvalue weighted by Gasteiger charge is -2.51. The van der Waals surface area contributed by atoms with Crippen molar-refractivity contribution in [3.8, 4) is 0 Å². The number of hydrogen-bond acceptors (Lipinski definition) is 4. The number of nitrogens with two attached hydrogens (primary N) is 1. The minimum atomic E-state index is 0.209. The van der Waals surface area contributed by atoms with Crippen molar-refractivity contribution in [3.05, 3.63) is 0 Å². The lowest BCUT2D eigenvalue weighted by Crippen LogP contribution is -2.66. The second-order valence-corrected chi connectivity index (χ2v) is 4.53. The molecule has 0 aromatic carbocycles. The Kier molecular flexibility index (Phi) is 1.39. The van der Waals surface area contributed by atoms with Gasteiger partial charge in [-0.2, -0.15) is 0 Å². The Bertz CT molecular complexity index is 254. The van der Waals surface area contributed by atoms with Crippen molar-refractivity contribution in [2.75, 3.05) is 26.2 Å². The third-order valence-corrected chi connectivity index (χ3v) is 3.78. The Morgan fingerprint density at radius 3 is 2.69 bits per heavy atom. The summed E-state index contributed by atoms with van der Waals surface area (Å²) in [4.78, 5) is 6.82. The van der Waals surface area contributed by atoms with Crippen molar-refractivity contribution in [2.45, 2.75) is 18.4 Å². The lowest BCUT2D eigenvalue weighted by atomic mass is 9.73. The van der Waals surface area contributed by atoms with Crippen molar-refractivity contribution in [1.82, 2.24) is 10.2 Å². The summed E-state index contributed by atoms with van der Waals surface area (Å²) in [5.74, 6) is 1.44. The van der Waals surface area contributed by atoms with Gasteiger partial charge >= 0.3 is 0 Å². The lowest BCUT2D eigenvalue weighted by molar-refractivity contribution is 0.0269. The van der Waals surface area contributed by atoms with E-state index in [9.17, 15) is 0 Å². The smallest absolute Gasteiger partial charge is 0.189 e. The van der Waals surface area contributed by atoms with Crippen LogP contribution in [-0.4, -0.2) is 42.6 Å². The van der Waals surface area contributed by atoms with Gasteiger partial charge in [0.05, 0.1) is 12.1 Å². The first-order valence-electron chi connectivity index (χ1n) is 5.09. The molecule has 4 rings (SSSR count). The first kappa shape index (κ1) is 7.62. The molecule has 0 aromatic rings. The van der Waals surface area contributed by atoms with Crippen molar-refractivity contribution in [3.63, 3.8) is 0 Å². The largest absolute Gasteiger partial charge is 0.370 e. The second kappa shape index (κ2) is 2.38. The van der Waals surface area contributed by atoms with Crippen LogP contribution in [0.15, 0.2) is 4.99 Å². The molecule has 3 N–H and O–H groups in total. The molecule has 4 heterocycles. The summed E-state index contributed by atoms with van der Waals surface area (Å²) in [7, 11) is 0. The number of aliphatic imine (C=N–C) groups is 1. The number of piperidine rings is 3. The van der Waals surface area contributed by atoms with E-state index in [4.69, 9.17) is 5.73 Å². The van der Waals surface area contributed by atoms with Crippen LogP contribution in [0, 0.1) is 5.92 Å². The fourth-order valence-electron chi connectivity index (χ4n) is 3.05. The van der Waals surface area contributed by atoms with E-state index in [2.05, 4.69) is 15.2 Å². The molecule has 4 nitrogen and oxygen atoms in total. The predicted octanol–water partition coefficient (Wildman–Crippen LogP) is -0.631. The first-order chi connectivity index (χ1) is 6.28. The zero-order chi connectivity index (χ0) is 8.89. The van der Waals surface area contributed by atoms with Crippen LogP contribution in [-0.2, 0) is 0 Å². The fraction of sp³-hybridized carbons (Fsp3) is 0.889. The highest BCUT2D eigenvalue weighted by molar-refractivity contribution is 5.80. The highest BCUT2D eigenvalue weighted by atomic mass is 15.3. The van der Waals surface area contributed by atoms with Gasteiger partial charge in [0.15, 0.2) is 5.96 Å². The van der Waals surface area contributed by atoms with E-state index in [-0.39, 0.29) is 5.54 Å². The van der Waals surface area contributed by atoms with Gasteiger partial charge in [-0.3, -0.25) is 4.99 Å². The molecule has 0 amide bonds. The highest BCUT2D eigenvalue weighted by Gasteiger charge is 2.48. The third-order valence-electron chi connectivity index (χ3n) is 3.78. The van der Waals surface area contributed by atoms with Crippen LogP contribution in [0.4, 0.5) is 0 Å². The summed E-state index contributed by atoms with van der Waals surface area (Å²) in [6.07, 6.45) is 2.63. The van der Waals surface area contributed by atoms with Crippen LogP contribution in [0.5, 0.6) is 0 Å². The van der Waals surface area contributed by atoms with E-state index >= 15 is 0 Å². The molecular weight excluding hydrogens is 164 g/mol. The van der Waals surface area contributed by atoms with E-state index in [1.54, 1.807) is 0 Å². The summed E-state index contributed by atoms with van der Waals surface area (Å²) >= 11 is 0. The maximum atomic E-state index is 5.69. The van der Waals surface area contributed by atoms with E-state index in [1.165, 1.54) is 25.9 Å². The maximum Gasteiger partial charge on any atom is 0.189 e. The molecule has 3 saturated heterocycles. The van der Waals surface area contributed by atoms with Gasteiger partial charge in [0.2, 0.25) is 0 Å². The predicted molar refractivity (Wildman–Crippen MR) is 51.5 cm³/mol. The number of fused-ring (bicyclic) bond motifs is 2. The molecule has 0 saturated carbocycles.